The topological polar surface area (TPSA) is 50.9 Å². The Balaban J connectivity index is 2.21. The monoisotopic (exact) mass is 283 g/mol. The van der Waals surface area contributed by atoms with Crippen LogP contribution in [0.2, 0.25) is 0 Å². The summed E-state index contributed by atoms with van der Waals surface area (Å²) in [7, 11) is 0. The second-order valence-corrected chi connectivity index (χ2v) is 5.40. The van der Waals surface area contributed by atoms with Crippen molar-refractivity contribution in [1.82, 2.24) is 4.98 Å². The Hall–Kier alpha value is -2.36. The number of benzene rings is 1. The largest absolute Gasteiger partial charge is 0.287 e. The van der Waals surface area contributed by atoms with Gasteiger partial charge in [0, 0.05) is 12.0 Å². The molecular weight excluding hydrogens is 264 g/mol. The van der Waals surface area contributed by atoms with Crippen LogP contribution in [-0.2, 0) is 6.54 Å². The number of hydrogen-bond donors (Lipinski definition) is 0. The lowest BCUT2D eigenvalue weighted by Crippen LogP contribution is -2.43. The lowest BCUT2D eigenvalue weighted by molar-refractivity contribution is -0.685. The molecule has 1 aromatic carbocycles. The molecule has 1 aromatic heterocycles. The van der Waals surface area contributed by atoms with Crippen molar-refractivity contribution in [2.45, 2.75) is 26.8 Å². The van der Waals surface area contributed by atoms with E-state index in [2.05, 4.69) is 4.98 Å². The average Bonchev–Trinajstić information content (AvgIpc) is 2.48. The van der Waals surface area contributed by atoms with E-state index < -0.39 is 0 Å². The second kappa shape index (κ2) is 6.88. The minimum Gasteiger partial charge on any atom is -0.287 e. The van der Waals surface area contributed by atoms with Crippen molar-refractivity contribution in [3.05, 3.63) is 60.2 Å². The van der Waals surface area contributed by atoms with Gasteiger partial charge in [-0.2, -0.15) is 4.57 Å². The Kier molecular flexibility index (Phi) is 4.93. The van der Waals surface area contributed by atoms with Crippen LogP contribution in [0.15, 0.2) is 48.9 Å². The Bertz CT molecular complexity index is 636. The van der Waals surface area contributed by atoms with Crippen molar-refractivity contribution in [2.24, 2.45) is 5.92 Å². The normalized spacial score (nSPS) is 10.6. The molecule has 108 valence electrons. The van der Waals surface area contributed by atoms with Crippen LogP contribution in [0.5, 0.6) is 0 Å². The van der Waals surface area contributed by atoms with Crippen molar-refractivity contribution < 1.29 is 14.2 Å². The molecule has 0 saturated heterocycles. The maximum absolute atomic E-state index is 12.3. The summed E-state index contributed by atoms with van der Waals surface area (Å²) in [6.45, 7) is 4.13. The number of carbonyl (C=O) groups excluding carboxylic acids is 2. The summed E-state index contributed by atoms with van der Waals surface area (Å²) in [6.07, 6.45) is 5.24. The molecule has 1 heterocycles. The highest BCUT2D eigenvalue weighted by molar-refractivity contribution is 5.96. The molecule has 21 heavy (non-hydrogen) atoms. The number of rotatable bonds is 6. The van der Waals surface area contributed by atoms with Gasteiger partial charge < -0.3 is 0 Å². The first-order chi connectivity index (χ1) is 10.1. The fraction of sp³-hybridized carbons (Fsp3) is 0.294. The van der Waals surface area contributed by atoms with E-state index in [-0.39, 0.29) is 24.0 Å². The number of aromatic nitrogens is 2. The molecule has 0 unspecified atom stereocenters. The second-order valence-electron chi connectivity index (χ2n) is 5.40. The van der Waals surface area contributed by atoms with E-state index in [0.717, 1.165) is 0 Å². The van der Waals surface area contributed by atoms with Crippen molar-refractivity contribution in [1.29, 1.82) is 0 Å². The summed E-state index contributed by atoms with van der Waals surface area (Å²) in [5, 5.41) is 0. The molecular formula is C17H19N2O2+. The maximum Gasteiger partial charge on any atom is 0.267 e. The summed E-state index contributed by atoms with van der Waals surface area (Å²) in [4.78, 5) is 28.5. The van der Waals surface area contributed by atoms with E-state index in [1.165, 1.54) is 6.20 Å². The summed E-state index contributed by atoms with van der Waals surface area (Å²) >= 11 is 0. The molecule has 0 N–H and O–H groups in total. The van der Waals surface area contributed by atoms with Crippen LogP contribution < -0.4 is 4.57 Å². The van der Waals surface area contributed by atoms with E-state index in [0.29, 0.717) is 17.7 Å². The molecule has 0 radical (unpaired) electrons. The highest BCUT2D eigenvalue weighted by Gasteiger charge is 2.22. The van der Waals surface area contributed by atoms with E-state index in [4.69, 9.17) is 0 Å². The lowest BCUT2D eigenvalue weighted by Gasteiger charge is -2.04. The van der Waals surface area contributed by atoms with E-state index >= 15 is 0 Å². The molecule has 4 nitrogen and oxygen atoms in total. The van der Waals surface area contributed by atoms with Gasteiger partial charge in [-0.3, -0.25) is 14.6 Å². The van der Waals surface area contributed by atoms with Gasteiger partial charge in [0.2, 0.25) is 18.1 Å². The van der Waals surface area contributed by atoms with Crippen LogP contribution in [0.25, 0.3) is 0 Å². The molecule has 0 spiro atoms. The van der Waals surface area contributed by atoms with E-state index in [1.807, 2.05) is 32.0 Å². The predicted molar refractivity (Wildman–Crippen MR) is 79.0 cm³/mol. The van der Waals surface area contributed by atoms with Gasteiger partial charge in [0.1, 0.15) is 6.20 Å². The quantitative estimate of drug-likeness (QED) is 0.604. The van der Waals surface area contributed by atoms with Crippen LogP contribution in [0.3, 0.4) is 0 Å². The first-order valence-corrected chi connectivity index (χ1v) is 7.03. The summed E-state index contributed by atoms with van der Waals surface area (Å²) in [5.74, 6) is 0.264. The van der Waals surface area contributed by atoms with Crippen LogP contribution in [-0.4, -0.2) is 16.6 Å². The molecule has 2 aromatic rings. The van der Waals surface area contributed by atoms with Crippen molar-refractivity contribution in [3.63, 3.8) is 0 Å². The first kappa shape index (κ1) is 15.0. The Labute approximate surface area is 124 Å². The van der Waals surface area contributed by atoms with Gasteiger partial charge in [-0.05, 0) is 5.92 Å². The summed E-state index contributed by atoms with van der Waals surface area (Å²) in [6, 6.07) is 9.08. The molecule has 0 fully saturated rings. The van der Waals surface area contributed by atoms with Gasteiger partial charge in [0.05, 0.1) is 6.20 Å². The average molecular weight is 283 g/mol. The number of carbonyl (C=O) groups is 2. The van der Waals surface area contributed by atoms with E-state index in [9.17, 15) is 9.59 Å². The van der Waals surface area contributed by atoms with Gasteiger partial charge in [-0.25, -0.2) is 0 Å². The van der Waals surface area contributed by atoms with Crippen LogP contribution in [0.4, 0.5) is 0 Å². The zero-order valence-electron chi connectivity index (χ0n) is 12.3. The fourth-order valence-corrected chi connectivity index (χ4v) is 2.10. The van der Waals surface area contributed by atoms with Crippen LogP contribution in [0, 0.1) is 5.92 Å². The molecule has 0 bridgehead atoms. The third-order valence-corrected chi connectivity index (χ3v) is 3.13. The van der Waals surface area contributed by atoms with Gasteiger partial charge >= 0.3 is 0 Å². The molecule has 0 amide bonds. The zero-order chi connectivity index (χ0) is 15.2. The highest BCUT2D eigenvalue weighted by Crippen LogP contribution is 2.06. The molecule has 0 aliphatic heterocycles. The third-order valence-electron chi connectivity index (χ3n) is 3.13. The third kappa shape index (κ3) is 4.05. The molecule has 4 heteroatoms. The van der Waals surface area contributed by atoms with Gasteiger partial charge in [0.15, 0.2) is 6.20 Å². The van der Waals surface area contributed by atoms with Crippen LogP contribution >= 0.6 is 0 Å². The van der Waals surface area contributed by atoms with Crippen molar-refractivity contribution in [3.8, 4) is 0 Å². The Morgan fingerprint density at radius 2 is 1.86 bits per heavy atom. The zero-order valence-corrected chi connectivity index (χ0v) is 12.3. The fourth-order valence-electron chi connectivity index (χ4n) is 2.10. The smallest absolute Gasteiger partial charge is 0.267 e. The Morgan fingerprint density at radius 1 is 1.14 bits per heavy atom. The number of hydrogen-bond acceptors (Lipinski definition) is 3. The standard InChI is InChI=1S/C17H19N2O2/c1-13(2)10-16(20)15-11-18-8-9-19(15)12-17(21)14-6-4-3-5-7-14/h3-9,11,13H,10,12H2,1-2H3/q+1. The maximum atomic E-state index is 12.3. The summed E-state index contributed by atoms with van der Waals surface area (Å²) < 4.78 is 1.67. The van der Waals surface area contributed by atoms with Crippen molar-refractivity contribution in [2.75, 3.05) is 0 Å². The molecule has 2 rings (SSSR count). The number of nitrogens with zero attached hydrogens (tertiary/aromatic N) is 2. The van der Waals surface area contributed by atoms with Gasteiger partial charge in [-0.1, -0.05) is 44.2 Å². The molecule has 0 aliphatic carbocycles. The van der Waals surface area contributed by atoms with E-state index in [1.54, 1.807) is 29.1 Å². The first-order valence-electron chi connectivity index (χ1n) is 7.03. The minimum absolute atomic E-state index is 0.0129. The molecule has 0 aliphatic rings. The number of Topliss-reactive ketones (excluding diaryl/α,β-unsaturated/α-hetero) is 2. The highest BCUT2D eigenvalue weighted by atomic mass is 16.1. The van der Waals surface area contributed by atoms with Crippen LogP contribution in [0.1, 0.15) is 41.1 Å². The SMILES string of the molecule is CC(C)CC(=O)c1cncc[n+]1CC(=O)c1ccccc1. The predicted octanol–water partition coefficient (Wildman–Crippen LogP) is 2.48. The lowest BCUT2D eigenvalue weighted by atomic mass is 10.0. The Morgan fingerprint density at radius 3 is 2.52 bits per heavy atom. The number of ketones is 2. The summed E-state index contributed by atoms with van der Waals surface area (Å²) in [5.41, 5.74) is 1.12. The molecule has 0 atom stereocenters. The molecule has 0 saturated carbocycles. The van der Waals surface area contributed by atoms with Gasteiger partial charge in [0.25, 0.3) is 5.69 Å². The minimum atomic E-state index is -0.0228. The van der Waals surface area contributed by atoms with Gasteiger partial charge in [-0.15, -0.1) is 0 Å². The van der Waals surface area contributed by atoms with Crippen molar-refractivity contribution >= 4 is 11.6 Å².